The first-order valence-corrected chi connectivity index (χ1v) is 4.89. The van der Waals surface area contributed by atoms with Gasteiger partial charge in [0.1, 0.15) is 0 Å². The van der Waals surface area contributed by atoms with Gasteiger partial charge in [-0.15, -0.1) is 0 Å². The quantitative estimate of drug-likeness (QED) is 0.514. The standard InChI is InChI=1S/C9H12S/c1-7-2-3-9-8(6-7)4-5-10-9/h2-3,6,8-9H,4-5H2,1H3. The molecule has 2 atom stereocenters. The summed E-state index contributed by atoms with van der Waals surface area (Å²) >= 11 is 2.10. The Balaban J connectivity index is 2.20. The topological polar surface area (TPSA) is 0 Å². The van der Waals surface area contributed by atoms with Crippen molar-refractivity contribution in [2.75, 3.05) is 5.75 Å². The molecule has 2 aliphatic rings. The minimum Gasteiger partial charge on any atom is -0.154 e. The van der Waals surface area contributed by atoms with E-state index in [9.17, 15) is 0 Å². The molecule has 2 unspecified atom stereocenters. The summed E-state index contributed by atoms with van der Waals surface area (Å²) < 4.78 is 0. The summed E-state index contributed by atoms with van der Waals surface area (Å²) in [6.07, 6.45) is 8.42. The van der Waals surface area contributed by atoms with E-state index in [0.717, 1.165) is 11.2 Å². The van der Waals surface area contributed by atoms with Gasteiger partial charge in [0.2, 0.25) is 0 Å². The summed E-state index contributed by atoms with van der Waals surface area (Å²) in [5.74, 6) is 2.21. The largest absolute Gasteiger partial charge is 0.154 e. The van der Waals surface area contributed by atoms with Gasteiger partial charge in [0.15, 0.2) is 0 Å². The minimum absolute atomic E-state index is 0.809. The second kappa shape index (κ2) is 2.46. The molecule has 0 nitrogen and oxygen atoms in total. The van der Waals surface area contributed by atoms with Gasteiger partial charge < -0.3 is 0 Å². The Hall–Kier alpha value is -0.170. The zero-order valence-electron chi connectivity index (χ0n) is 6.21. The number of thioether (sulfide) groups is 1. The third-order valence-electron chi connectivity index (χ3n) is 2.21. The Labute approximate surface area is 66.4 Å². The van der Waals surface area contributed by atoms with Crippen molar-refractivity contribution in [3.8, 4) is 0 Å². The second-order valence-electron chi connectivity index (χ2n) is 3.06. The first kappa shape index (κ1) is 6.53. The van der Waals surface area contributed by atoms with Crippen LogP contribution in [0.2, 0.25) is 0 Å². The van der Waals surface area contributed by atoms with E-state index in [-0.39, 0.29) is 0 Å². The summed E-state index contributed by atoms with van der Waals surface area (Å²) in [4.78, 5) is 0. The van der Waals surface area contributed by atoms with Gasteiger partial charge in [0.05, 0.1) is 0 Å². The lowest BCUT2D eigenvalue weighted by Crippen LogP contribution is -2.09. The van der Waals surface area contributed by atoms with Crippen LogP contribution in [-0.2, 0) is 0 Å². The van der Waals surface area contributed by atoms with Crippen molar-refractivity contribution in [1.82, 2.24) is 0 Å². The fourth-order valence-electron chi connectivity index (χ4n) is 1.64. The molecule has 1 heterocycles. The highest BCUT2D eigenvalue weighted by atomic mass is 32.2. The van der Waals surface area contributed by atoms with Crippen LogP contribution in [0.15, 0.2) is 23.8 Å². The van der Waals surface area contributed by atoms with Crippen LogP contribution in [0.4, 0.5) is 0 Å². The molecule has 1 heteroatoms. The lowest BCUT2D eigenvalue weighted by molar-refractivity contribution is 0.678. The Morgan fingerprint density at radius 2 is 2.50 bits per heavy atom. The molecule has 1 aliphatic heterocycles. The Morgan fingerprint density at radius 1 is 1.60 bits per heavy atom. The third kappa shape index (κ3) is 1.03. The zero-order valence-corrected chi connectivity index (χ0v) is 7.03. The van der Waals surface area contributed by atoms with E-state index in [4.69, 9.17) is 0 Å². The maximum Gasteiger partial charge on any atom is 0.0293 e. The van der Waals surface area contributed by atoms with Crippen LogP contribution in [-0.4, -0.2) is 11.0 Å². The molecule has 10 heavy (non-hydrogen) atoms. The van der Waals surface area contributed by atoms with Gasteiger partial charge in [-0.05, 0) is 25.0 Å². The molecule has 2 rings (SSSR count). The van der Waals surface area contributed by atoms with Crippen molar-refractivity contribution in [2.24, 2.45) is 5.92 Å². The van der Waals surface area contributed by atoms with Gasteiger partial charge >= 0.3 is 0 Å². The molecular weight excluding hydrogens is 140 g/mol. The highest BCUT2D eigenvalue weighted by molar-refractivity contribution is 8.00. The van der Waals surface area contributed by atoms with E-state index < -0.39 is 0 Å². The molecule has 0 spiro atoms. The molecule has 1 saturated heterocycles. The summed E-state index contributed by atoms with van der Waals surface area (Å²) in [6.45, 7) is 2.19. The molecule has 0 aromatic heterocycles. The van der Waals surface area contributed by atoms with Crippen molar-refractivity contribution in [1.29, 1.82) is 0 Å². The first-order chi connectivity index (χ1) is 4.86. The van der Waals surface area contributed by atoms with Crippen LogP contribution >= 0.6 is 11.8 Å². The summed E-state index contributed by atoms with van der Waals surface area (Å²) in [5, 5.41) is 0.809. The number of fused-ring (bicyclic) bond motifs is 1. The van der Waals surface area contributed by atoms with E-state index in [1.807, 2.05) is 0 Å². The maximum atomic E-state index is 2.42. The maximum absolute atomic E-state index is 2.42. The Bertz CT molecular complexity index is 191. The summed E-state index contributed by atoms with van der Waals surface area (Å²) in [5.41, 5.74) is 1.45. The summed E-state index contributed by atoms with van der Waals surface area (Å²) in [7, 11) is 0. The van der Waals surface area contributed by atoms with Gasteiger partial charge in [-0.25, -0.2) is 0 Å². The van der Waals surface area contributed by atoms with Crippen LogP contribution < -0.4 is 0 Å². The fraction of sp³-hybridized carbons (Fsp3) is 0.556. The van der Waals surface area contributed by atoms with Gasteiger partial charge in [-0.1, -0.05) is 23.8 Å². The summed E-state index contributed by atoms with van der Waals surface area (Å²) in [6, 6.07) is 0. The van der Waals surface area contributed by atoms with Gasteiger partial charge in [-0.2, -0.15) is 11.8 Å². The Kier molecular flexibility index (Phi) is 1.61. The molecule has 0 radical (unpaired) electrons. The molecule has 0 N–H and O–H groups in total. The van der Waals surface area contributed by atoms with E-state index >= 15 is 0 Å². The molecule has 1 fully saturated rings. The van der Waals surface area contributed by atoms with Crippen LogP contribution in [0.1, 0.15) is 13.3 Å². The van der Waals surface area contributed by atoms with Crippen molar-refractivity contribution in [3.63, 3.8) is 0 Å². The monoisotopic (exact) mass is 152 g/mol. The van der Waals surface area contributed by atoms with Gasteiger partial charge in [0, 0.05) is 5.25 Å². The average Bonchev–Trinajstić information content (AvgIpc) is 2.33. The number of hydrogen-bond acceptors (Lipinski definition) is 1. The van der Waals surface area contributed by atoms with Crippen LogP contribution in [0, 0.1) is 5.92 Å². The zero-order chi connectivity index (χ0) is 6.97. The molecule has 0 aromatic rings. The predicted molar refractivity (Wildman–Crippen MR) is 47.3 cm³/mol. The van der Waals surface area contributed by atoms with Crippen molar-refractivity contribution in [2.45, 2.75) is 18.6 Å². The molecule has 0 bridgehead atoms. The number of allylic oxidation sites excluding steroid dienone is 3. The molecule has 54 valence electrons. The predicted octanol–water partition coefficient (Wildman–Crippen LogP) is 2.62. The number of hydrogen-bond donors (Lipinski definition) is 0. The molecule has 0 saturated carbocycles. The Morgan fingerprint density at radius 3 is 3.40 bits per heavy atom. The van der Waals surface area contributed by atoms with Crippen molar-refractivity contribution in [3.05, 3.63) is 23.8 Å². The smallest absolute Gasteiger partial charge is 0.0293 e. The van der Waals surface area contributed by atoms with Gasteiger partial charge in [-0.3, -0.25) is 0 Å². The first-order valence-electron chi connectivity index (χ1n) is 3.84. The van der Waals surface area contributed by atoms with E-state index in [2.05, 4.69) is 36.9 Å². The average molecular weight is 152 g/mol. The lowest BCUT2D eigenvalue weighted by Gasteiger charge is -2.15. The van der Waals surface area contributed by atoms with Crippen LogP contribution in [0.3, 0.4) is 0 Å². The van der Waals surface area contributed by atoms with Crippen molar-refractivity contribution >= 4 is 11.8 Å². The molecule has 1 aliphatic carbocycles. The van der Waals surface area contributed by atoms with E-state index in [1.165, 1.54) is 17.7 Å². The normalized spacial score (nSPS) is 37.5. The van der Waals surface area contributed by atoms with Crippen LogP contribution in [0.25, 0.3) is 0 Å². The highest BCUT2D eigenvalue weighted by Gasteiger charge is 2.25. The molecule has 0 aromatic carbocycles. The highest BCUT2D eigenvalue weighted by Crippen LogP contribution is 2.37. The van der Waals surface area contributed by atoms with Gasteiger partial charge in [0.25, 0.3) is 0 Å². The van der Waals surface area contributed by atoms with E-state index in [0.29, 0.717) is 0 Å². The van der Waals surface area contributed by atoms with Crippen molar-refractivity contribution < 1.29 is 0 Å². The lowest BCUT2D eigenvalue weighted by atomic mass is 9.95. The molecular formula is C9H12S. The second-order valence-corrected chi connectivity index (χ2v) is 4.34. The minimum atomic E-state index is 0.809. The third-order valence-corrected chi connectivity index (χ3v) is 3.57. The fourth-order valence-corrected chi connectivity index (χ4v) is 2.98. The van der Waals surface area contributed by atoms with Crippen LogP contribution in [0.5, 0.6) is 0 Å². The number of rotatable bonds is 0. The SMILES string of the molecule is CC1=CC2CCSC2C=C1. The van der Waals surface area contributed by atoms with E-state index in [1.54, 1.807) is 0 Å². The molecule has 0 amide bonds.